The van der Waals surface area contributed by atoms with E-state index in [2.05, 4.69) is 39.9 Å². The smallest absolute Gasteiger partial charge is 0.254 e. The molecule has 2 fully saturated rings. The van der Waals surface area contributed by atoms with Crippen molar-refractivity contribution in [2.24, 2.45) is 0 Å². The number of ether oxygens (including phenoxy) is 1. The number of thioether (sulfide) groups is 1. The average Bonchev–Trinajstić information content (AvgIpc) is 2.81. The number of hydrogen-bond donors (Lipinski definition) is 3. The Labute approximate surface area is 206 Å². The van der Waals surface area contributed by atoms with Crippen molar-refractivity contribution < 1.29 is 14.6 Å². The number of nitrogens with zero attached hydrogens (tertiary/aromatic N) is 1. The van der Waals surface area contributed by atoms with Crippen LogP contribution in [0.5, 0.6) is 0 Å². The summed E-state index contributed by atoms with van der Waals surface area (Å²) in [4.78, 5) is 17.7. The first-order valence-corrected chi connectivity index (χ1v) is 12.1. The maximum absolute atomic E-state index is 13.3. The number of hydrogen-bond acceptors (Lipinski definition) is 6. The molecule has 2 aliphatic rings. The molecule has 2 aromatic rings. The fourth-order valence-corrected chi connectivity index (χ4v) is 5.29. The molecule has 6 nitrogen and oxygen atoms in total. The lowest BCUT2D eigenvalue weighted by Gasteiger charge is -2.50. The van der Waals surface area contributed by atoms with E-state index in [1.54, 1.807) is 18.3 Å². The Morgan fingerprint density at radius 1 is 1.27 bits per heavy atom. The molecule has 4 rings (SSSR count). The van der Waals surface area contributed by atoms with E-state index in [4.69, 9.17) is 4.74 Å². The molecule has 0 bridgehead atoms. The molecule has 3 N–H and O–H groups in total. The van der Waals surface area contributed by atoms with Crippen LogP contribution in [-0.2, 0) is 4.74 Å². The van der Waals surface area contributed by atoms with Gasteiger partial charge in [0.15, 0.2) is 0 Å². The molecule has 0 radical (unpaired) electrons. The minimum Gasteiger partial charge on any atom is -0.388 e. The normalized spacial score (nSPS) is 24.4. The fraction of sp³-hybridized carbons (Fsp3) is 0.440. The van der Waals surface area contributed by atoms with E-state index in [1.807, 2.05) is 25.1 Å². The molecule has 3 heterocycles. The lowest BCUT2D eigenvalue weighted by molar-refractivity contribution is -0.169. The van der Waals surface area contributed by atoms with Gasteiger partial charge in [0.1, 0.15) is 11.1 Å². The Balaban J connectivity index is 0.00000306. The summed E-state index contributed by atoms with van der Waals surface area (Å²) >= 11 is 1.52. The third-order valence-corrected chi connectivity index (χ3v) is 7.29. The van der Waals surface area contributed by atoms with Crippen LogP contribution in [0, 0.1) is 0 Å². The number of amides is 1. The second-order valence-corrected chi connectivity index (χ2v) is 9.80. The maximum atomic E-state index is 13.3. The first kappa shape index (κ1) is 25.7. The zero-order chi connectivity index (χ0) is 22.4. The molecule has 33 heavy (non-hydrogen) atoms. The molecule has 0 aliphatic carbocycles. The van der Waals surface area contributed by atoms with Gasteiger partial charge in [-0.05, 0) is 50.6 Å². The van der Waals surface area contributed by atoms with Gasteiger partial charge in [0.2, 0.25) is 0 Å². The van der Waals surface area contributed by atoms with Crippen LogP contribution in [0.1, 0.15) is 42.1 Å². The number of benzene rings is 1. The van der Waals surface area contributed by atoms with Crippen molar-refractivity contribution >= 4 is 36.2 Å². The molecular weight excluding hydrogens is 458 g/mol. The minimum absolute atomic E-state index is 0. The number of pyridine rings is 1. The molecule has 178 valence electrons. The molecule has 1 amide bonds. The van der Waals surface area contributed by atoms with Gasteiger partial charge in [0, 0.05) is 18.4 Å². The Morgan fingerprint density at radius 2 is 2.03 bits per heavy atom. The van der Waals surface area contributed by atoms with Crippen molar-refractivity contribution in [1.82, 2.24) is 15.6 Å². The van der Waals surface area contributed by atoms with Gasteiger partial charge in [-0.2, -0.15) is 0 Å². The van der Waals surface area contributed by atoms with E-state index >= 15 is 0 Å². The lowest BCUT2D eigenvalue weighted by atomic mass is 9.75. The minimum atomic E-state index is -0.756. The predicted octanol–water partition coefficient (Wildman–Crippen LogP) is 3.70. The van der Waals surface area contributed by atoms with Crippen molar-refractivity contribution in [3.8, 4) is 0 Å². The number of carbonyl (C=O) groups is 1. The number of aliphatic hydroxyl groups excluding tert-OH is 1. The molecule has 1 aromatic heterocycles. The highest BCUT2D eigenvalue weighted by atomic mass is 35.5. The van der Waals surface area contributed by atoms with Crippen molar-refractivity contribution in [1.29, 1.82) is 0 Å². The van der Waals surface area contributed by atoms with E-state index in [-0.39, 0.29) is 30.5 Å². The number of nitrogens with one attached hydrogen (secondary N) is 2. The van der Waals surface area contributed by atoms with E-state index in [1.165, 1.54) is 11.8 Å². The van der Waals surface area contributed by atoms with Gasteiger partial charge in [0.05, 0.1) is 23.3 Å². The Bertz CT molecular complexity index is 953. The molecule has 1 aromatic carbocycles. The average molecular weight is 490 g/mol. The van der Waals surface area contributed by atoms with Crippen LogP contribution in [0.4, 0.5) is 0 Å². The highest BCUT2D eigenvalue weighted by molar-refractivity contribution is 7.99. The maximum Gasteiger partial charge on any atom is 0.254 e. The number of carbonyl (C=O) groups excluding carboxylic acids is 1. The van der Waals surface area contributed by atoms with Gasteiger partial charge in [-0.25, -0.2) is 4.98 Å². The molecule has 0 unspecified atom stereocenters. The first-order chi connectivity index (χ1) is 15.5. The molecule has 2 aliphatic heterocycles. The molecule has 0 saturated carbocycles. The van der Waals surface area contributed by atoms with Gasteiger partial charge in [-0.3, -0.25) is 4.79 Å². The standard InChI is InChI=1S/C25H31N3O3S.ClH/c1-24(18-25(31-17-21(24)29)11-14-26-15-12-25)28-22(30)20-10-5-13-27-23(20)32-16-6-9-19-7-3-2-4-8-19;/h2-10,13,21,26,29H,11-12,14-18H2,1H3,(H,28,30);1H/t21-,24-;/m0./s1. The van der Waals surface area contributed by atoms with E-state index in [0.717, 1.165) is 31.5 Å². The number of piperidine rings is 1. The van der Waals surface area contributed by atoms with Crippen LogP contribution >= 0.6 is 24.2 Å². The monoisotopic (exact) mass is 489 g/mol. The van der Waals surface area contributed by atoms with Crippen LogP contribution < -0.4 is 10.6 Å². The summed E-state index contributed by atoms with van der Waals surface area (Å²) < 4.78 is 6.06. The third kappa shape index (κ3) is 6.37. The zero-order valence-electron chi connectivity index (χ0n) is 18.8. The SMILES string of the molecule is C[C@]1(NC(=O)c2cccnc2SCC=Cc2ccccc2)CC2(CCNCC2)OC[C@@H]1O.Cl. The molecule has 8 heteroatoms. The number of aromatic nitrogens is 1. The molecule has 1 spiro atoms. The van der Waals surface area contributed by atoms with Crippen LogP contribution in [0.3, 0.4) is 0 Å². The van der Waals surface area contributed by atoms with E-state index in [0.29, 0.717) is 22.8 Å². The van der Waals surface area contributed by atoms with Crippen LogP contribution in [0.2, 0.25) is 0 Å². The molecular formula is C25H32ClN3O3S. The Hall–Kier alpha value is -1.90. The summed E-state index contributed by atoms with van der Waals surface area (Å²) in [6, 6.07) is 13.7. The number of aliphatic hydroxyl groups is 1. The van der Waals surface area contributed by atoms with Gasteiger partial charge in [-0.1, -0.05) is 42.5 Å². The summed E-state index contributed by atoms with van der Waals surface area (Å²) in [5.41, 5.74) is 0.629. The van der Waals surface area contributed by atoms with Crippen molar-refractivity contribution in [3.05, 3.63) is 65.9 Å². The number of rotatable bonds is 6. The molecule has 2 atom stereocenters. The largest absolute Gasteiger partial charge is 0.388 e. The number of halogens is 1. The van der Waals surface area contributed by atoms with Crippen molar-refractivity contribution in [2.45, 2.75) is 48.5 Å². The van der Waals surface area contributed by atoms with Gasteiger partial charge < -0.3 is 20.5 Å². The van der Waals surface area contributed by atoms with E-state index in [9.17, 15) is 9.90 Å². The summed E-state index contributed by atoms with van der Waals surface area (Å²) in [7, 11) is 0. The van der Waals surface area contributed by atoms with Gasteiger partial charge in [0.25, 0.3) is 5.91 Å². The third-order valence-electron chi connectivity index (χ3n) is 6.33. The van der Waals surface area contributed by atoms with Crippen LogP contribution in [-0.4, -0.2) is 58.7 Å². The van der Waals surface area contributed by atoms with Crippen molar-refractivity contribution in [2.75, 3.05) is 25.4 Å². The van der Waals surface area contributed by atoms with E-state index < -0.39 is 11.6 Å². The van der Waals surface area contributed by atoms with Crippen LogP contribution in [0.15, 0.2) is 59.8 Å². The Morgan fingerprint density at radius 3 is 2.79 bits per heavy atom. The van der Waals surface area contributed by atoms with Gasteiger partial charge in [-0.15, -0.1) is 24.2 Å². The second kappa shape index (κ2) is 11.5. The highest BCUT2D eigenvalue weighted by Crippen LogP contribution is 2.38. The molecule has 2 saturated heterocycles. The quantitative estimate of drug-likeness (QED) is 0.537. The van der Waals surface area contributed by atoms with Crippen molar-refractivity contribution in [3.63, 3.8) is 0 Å². The topological polar surface area (TPSA) is 83.5 Å². The highest BCUT2D eigenvalue weighted by Gasteiger charge is 2.49. The van der Waals surface area contributed by atoms with Crippen LogP contribution in [0.25, 0.3) is 6.08 Å². The van der Waals surface area contributed by atoms with Gasteiger partial charge >= 0.3 is 0 Å². The first-order valence-electron chi connectivity index (χ1n) is 11.1. The summed E-state index contributed by atoms with van der Waals surface area (Å²) in [5, 5.41) is 17.9. The summed E-state index contributed by atoms with van der Waals surface area (Å²) in [6.45, 7) is 3.93. The Kier molecular flexibility index (Phi) is 8.95. The summed E-state index contributed by atoms with van der Waals surface area (Å²) in [6.07, 6.45) is 7.44. The second-order valence-electron chi connectivity index (χ2n) is 8.79. The summed E-state index contributed by atoms with van der Waals surface area (Å²) in [5.74, 6) is 0.496. The fourth-order valence-electron chi connectivity index (χ4n) is 4.49. The predicted molar refractivity (Wildman–Crippen MR) is 135 cm³/mol. The lowest BCUT2D eigenvalue weighted by Crippen LogP contribution is -2.65. The zero-order valence-corrected chi connectivity index (χ0v) is 20.5.